The second-order valence-corrected chi connectivity index (χ2v) is 8.12. The largest absolute Gasteiger partial charge is 0.493 e. The number of aliphatic hydroxyl groups is 3. The minimum absolute atomic E-state index is 0.104. The number of hydrogen-bond acceptors (Lipinski definition) is 8. The van der Waals surface area contributed by atoms with E-state index in [1.54, 1.807) is 30.3 Å². The van der Waals surface area contributed by atoms with E-state index in [0.717, 1.165) is 24.3 Å². The van der Waals surface area contributed by atoms with Crippen molar-refractivity contribution in [3.05, 3.63) is 78.4 Å². The first kappa shape index (κ1) is 31.8. The van der Waals surface area contributed by atoms with Gasteiger partial charge in [-0.25, -0.2) is 19.2 Å². The average Bonchev–Trinajstić information content (AvgIpc) is 2.88. The van der Waals surface area contributed by atoms with Crippen LogP contribution in [0.25, 0.3) is 0 Å². The average molecular weight is 535 g/mol. The van der Waals surface area contributed by atoms with Crippen LogP contribution < -0.4 is 4.74 Å². The van der Waals surface area contributed by atoms with Crippen molar-refractivity contribution >= 4 is 23.9 Å². The summed E-state index contributed by atoms with van der Waals surface area (Å²) in [6.45, 7) is -3.12. The highest BCUT2D eigenvalue weighted by Crippen LogP contribution is 2.49. The van der Waals surface area contributed by atoms with E-state index in [0.29, 0.717) is 24.0 Å². The van der Waals surface area contributed by atoms with Crippen LogP contribution in [0.4, 0.5) is 0 Å². The summed E-state index contributed by atoms with van der Waals surface area (Å²) in [5.41, 5.74) is -4.56. The molecular formula is C26H30O12. The van der Waals surface area contributed by atoms with E-state index in [-0.39, 0.29) is 18.6 Å². The van der Waals surface area contributed by atoms with Crippen LogP contribution in [0.2, 0.25) is 0 Å². The van der Waals surface area contributed by atoms with Crippen molar-refractivity contribution in [3.8, 4) is 5.75 Å². The maximum atomic E-state index is 12.0. The predicted octanol–water partition coefficient (Wildman–Crippen LogP) is 0.955. The summed E-state index contributed by atoms with van der Waals surface area (Å²) in [5, 5.41) is 68.5. The maximum absolute atomic E-state index is 12.0. The zero-order chi connectivity index (χ0) is 28.8. The first-order valence-corrected chi connectivity index (χ1v) is 11.2. The lowest BCUT2D eigenvalue weighted by Crippen LogP contribution is -2.51. The number of para-hydroxylation sites is 1. The minimum atomic E-state index is -2.14. The quantitative estimate of drug-likeness (QED) is 0.139. The molecule has 0 aliphatic heterocycles. The van der Waals surface area contributed by atoms with E-state index in [9.17, 15) is 54.9 Å². The Morgan fingerprint density at radius 2 is 1.26 bits per heavy atom. The van der Waals surface area contributed by atoms with Crippen LogP contribution in [0.1, 0.15) is 6.42 Å². The Labute approximate surface area is 217 Å². The second kappa shape index (κ2) is 15.1. The van der Waals surface area contributed by atoms with Crippen LogP contribution >= 0.6 is 0 Å². The molecule has 0 radical (unpaired) electrons. The van der Waals surface area contributed by atoms with Crippen LogP contribution in [0.15, 0.2) is 78.4 Å². The smallest absolute Gasteiger partial charge is 0.331 e. The fourth-order valence-electron chi connectivity index (χ4n) is 3.86. The molecule has 0 aliphatic rings. The van der Waals surface area contributed by atoms with Gasteiger partial charge >= 0.3 is 23.9 Å². The molecule has 1 unspecified atom stereocenters. The Morgan fingerprint density at radius 3 is 1.63 bits per heavy atom. The monoisotopic (exact) mass is 534 g/mol. The van der Waals surface area contributed by atoms with Gasteiger partial charge in [-0.3, -0.25) is 0 Å². The van der Waals surface area contributed by atoms with Gasteiger partial charge in [-0.2, -0.15) is 0 Å². The van der Waals surface area contributed by atoms with Gasteiger partial charge in [0, 0.05) is 47.0 Å². The number of rotatable bonds is 17. The number of aliphatic hydroxyl groups excluding tert-OH is 3. The predicted molar refractivity (Wildman–Crippen MR) is 132 cm³/mol. The first-order chi connectivity index (χ1) is 18.0. The van der Waals surface area contributed by atoms with Gasteiger partial charge in [0.2, 0.25) is 0 Å². The number of aliphatic carboxylic acids is 4. The van der Waals surface area contributed by atoms with Crippen molar-refractivity contribution < 1.29 is 59.7 Å². The number of benzene rings is 1. The van der Waals surface area contributed by atoms with Gasteiger partial charge in [-0.1, -0.05) is 42.5 Å². The molecule has 0 amide bonds. The van der Waals surface area contributed by atoms with Crippen molar-refractivity contribution in [3.63, 3.8) is 0 Å². The molecule has 12 heteroatoms. The molecule has 1 aromatic rings. The Bertz CT molecular complexity index is 1020. The van der Waals surface area contributed by atoms with Crippen molar-refractivity contribution in [2.45, 2.75) is 6.42 Å². The van der Waals surface area contributed by atoms with Gasteiger partial charge in [-0.15, -0.1) is 0 Å². The molecule has 1 atom stereocenters. The van der Waals surface area contributed by atoms with E-state index >= 15 is 0 Å². The van der Waals surface area contributed by atoms with Crippen LogP contribution in [0.5, 0.6) is 5.75 Å². The Kier molecular flexibility index (Phi) is 12.6. The summed E-state index contributed by atoms with van der Waals surface area (Å²) in [6.07, 6.45) is 5.01. The number of hydrogen-bond donors (Lipinski definition) is 7. The molecule has 0 heterocycles. The molecule has 0 spiro atoms. The molecule has 1 rings (SSSR count). The molecule has 0 saturated carbocycles. The van der Waals surface area contributed by atoms with Crippen LogP contribution in [-0.2, 0) is 19.2 Å². The molecule has 0 saturated heterocycles. The van der Waals surface area contributed by atoms with Crippen molar-refractivity contribution in [1.29, 1.82) is 0 Å². The van der Waals surface area contributed by atoms with E-state index in [4.69, 9.17) is 4.74 Å². The molecule has 0 aromatic heterocycles. The third-order valence-corrected chi connectivity index (χ3v) is 5.90. The summed E-state index contributed by atoms with van der Waals surface area (Å²) >= 11 is 0. The summed E-state index contributed by atoms with van der Waals surface area (Å²) in [5.74, 6) is -6.97. The SMILES string of the molecule is O=C(O)C=CC(C=CC(=O)O)(C=CC(=O)O)C(CO)(CO)C(C=C(CCOc1ccccc1)C(=O)O)CO. The summed E-state index contributed by atoms with van der Waals surface area (Å²) < 4.78 is 5.51. The topological polar surface area (TPSA) is 219 Å². The summed E-state index contributed by atoms with van der Waals surface area (Å²) in [4.78, 5) is 46.0. The lowest BCUT2D eigenvalue weighted by atomic mass is 9.57. The highest BCUT2D eigenvalue weighted by Gasteiger charge is 2.51. The normalized spacial score (nSPS) is 15.0. The van der Waals surface area contributed by atoms with Crippen LogP contribution in [0.3, 0.4) is 0 Å². The van der Waals surface area contributed by atoms with Crippen LogP contribution in [-0.4, -0.2) is 86.1 Å². The molecule has 0 aliphatic carbocycles. The minimum Gasteiger partial charge on any atom is -0.493 e. The van der Waals surface area contributed by atoms with Gasteiger partial charge in [-0.05, 0) is 12.1 Å². The van der Waals surface area contributed by atoms with E-state index in [1.165, 1.54) is 0 Å². The number of allylic oxidation sites excluding steroid dienone is 3. The van der Waals surface area contributed by atoms with Crippen molar-refractivity contribution in [2.75, 3.05) is 26.4 Å². The third-order valence-electron chi connectivity index (χ3n) is 5.90. The summed E-state index contributed by atoms with van der Waals surface area (Å²) in [6, 6.07) is 8.47. The molecule has 206 valence electrons. The van der Waals surface area contributed by atoms with E-state index in [2.05, 4.69) is 0 Å². The number of ether oxygens (including phenoxy) is 1. The number of carboxylic acid groups (broad SMARTS) is 4. The highest BCUT2D eigenvalue weighted by atomic mass is 16.5. The fraction of sp³-hybridized carbons (Fsp3) is 0.308. The van der Waals surface area contributed by atoms with Crippen LogP contribution in [0, 0.1) is 16.7 Å². The zero-order valence-corrected chi connectivity index (χ0v) is 20.2. The molecular weight excluding hydrogens is 504 g/mol. The molecule has 0 bridgehead atoms. The third kappa shape index (κ3) is 8.69. The molecule has 38 heavy (non-hydrogen) atoms. The van der Waals surface area contributed by atoms with Gasteiger partial charge in [0.1, 0.15) is 5.75 Å². The second-order valence-electron chi connectivity index (χ2n) is 8.12. The van der Waals surface area contributed by atoms with Gasteiger partial charge in [0.15, 0.2) is 0 Å². The molecule has 1 aromatic carbocycles. The number of carboxylic acids is 4. The zero-order valence-electron chi connectivity index (χ0n) is 20.2. The summed E-state index contributed by atoms with van der Waals surface area (Å²) in [7, 11) is 0. The van der Waals surface area contributed by atoms with E-state index < -0.39 is 60.4 Å². The molecule has 0 fully saturated rings. The lowest BCUT2D eigenvalue weighted by Gasteiger charge is -2.48. The standard InChI is InChI=1S/C26H30O12/c27-15-19(14-18(24(36)37)9-13-38-20-4-2-1-3-5-20)26(16-28,17-29)25(10-6-21(30)31,11-7-22(32)33)12-8-23(34)35/h1-8,10-12,14,19,27-29H,9,13,15-17H2,(H,30,31)(H,32,33)(H,34,35)(H,36,37). The lowest BCUT2D eigenvalue weighted by molar-refractivity contribution is -0.133. The van der Waals surface area contributed by atoms with Crippen molar-refractivity contribution in [2.24, 2.45) is 16.7 Å². The molecule has 12 nitrogen and oxygen atoms in total. The fourth-order valence-corrected chi connectivity index (χ4v) is 3.86. The number of carbonyl (C=O) groups is 4. The Hall–Kier alpha value is -4.26. The first-order valence-electron chi connectivity index (χ1n) is 11.2. The molecule has 7 N–H and O–H groups in total. The van der Waals surface area contributed by atoms with Gasteiger partial charge in [0.05, 0.1) is 26.4 Å². The van der Waals surface area contributed by atoms with E-state index in [1.807, 2.05) is 0 Å². The highest BCUT2D eigenvalue weighted by molar-refractivity contribution is 5.86. The Balaban J connectivity index is 3.74. The van der Waals surface area contributed by atoms with Crippen molar-refractivity contribution in [1.82, 2.24) is 0 Å². The van der Waals surface area contributed by atoms with Gasteiger partial charge < -0.3 is 40.5 Å². The Morgan fingerprint density at radius 1 is 0.789 bits per heavy atom. The maximum Gasteiger partial charge on any atom is 0.331 e. The van der Waals surface area contributed by atoms with Gasteiger partial charge in [0.25, 0.3) is 0 Å².